The fourth-order valence-corrected chi connectivity index (χ4v) is 2.50. The summed E-state index contributed by atoms with van der Waals surface area (Å²) in [5.41, 5.74) is -0.597. The molecule has 0 spiro atoms. The number of hydrogen-bond donors (Lipinski definition) is 1. The van der Waals surface area contributed by atoms with Gasteiger partial charge in [0.2, 0.25) is 0 Å². The van der Waals surface area contributed by atoms with Crippen LogP contribution in [0.15, 0.2) is 0 Å². The standard InChI is InChI=1S/C14H28N2O4S/c1-7-8-9-21-10-11(12(17)16(5)19-6)15-13(18)20-14(2,3)4/h11H,7-10H2,1-6H3,(H,15,18)/t11-/m0/s1. The Morgan fingerprint density at radius 2 is 1.95 bits per heavy atom. The van der Waals surface area contributed by atoms with Gasteiger partial charge in [0.1, 0.15) is 11.6 Å². The average Bonchev–Trinajstić information content (AvgIpc) is 2.38. The first kappa shape index (κ1) is 20.1. The summed E-state index contributed by atoms with van der Waals surface area (Å²) < 4.78 is 5.19. The van der Waals surface area contributed by atoms with E-state index in [9.17, 15) is 9.59 Å². The minimum atomic E-state index is -0.661. The highest BCUT2D eigenvalue weighted by molar-refractivity contribution is 7.99. The number of carbonyl (C=O) groups is 2. The molecule has 0 aliphatic heterocycles. The third kappa shape index (κ3) is 9.57. The number of thioether (sulfide) groups is 1. The predicted octanol–water partition coefficient (Wildman–Crippen LogP) is 2.43. The average molecular weight is 320 g/mol. The van der Waals surface area contributed by atoms with Crippen LogP contribution in [0.5, 0.6) is 0 Å². The summed E-state index contributed by atoms with van der Waals surface area (Å²) in [6.45, 7) is 7.45. The van der Waals surface area contributed by atoms with E-state index in [-0.39, 0.29) is 5.91 Å². The second-order valence-corrected chi connectivity index (χ2v) is 6.80. The van der Waals surface area contributed by atoms with Crippen molar-refractivity contribution in [1.29, 1.82) is 0 Å². The molecule has 0 saturated heterocycles. The molecule has 0 rings (SSSR count). The summed E-state index contributed by atoms with van der Waals surface area (Å²) in [7, 11) is 2.93. The van der Waals surface area contributed by atoms with Crippen molar-refractivity contribution in [2.75, 3.05) is 25.7 Å². The maximum Gasteiger partial charge on any atom is 0.408 e. The molecule has 1 atom stereocenters. The molecular weight excluding hydrogens is 292 g/mol. The fourth-order valence-electron chi connectivity index (χ4n) is 1.38. The summed E-state index contributed by atoms with van der Waals surface area (Å²) >= 11 is 1.63. The van der Waals surface area contributed by atoms with Gasteiger partial charge in [0.25, 0.3) is 5.91 Å². The van der Waals surface area contributed by atoms with Crippen LogP contribution in [0.1, 0.15) is 40.5 Å². The molecule has 1 N–H and O–H groups in total. The monoisotopic (exact) mass is 320 g/mol. The van der Waals surface area contributed by atoms with Gasteiger partial charge in [-0.3, -0.25) is 9.63 Å². The van der Waals surface area contributed by atoms with Gasteiger partial charge < -0.3 is 10.1 Å². The number of likely N-dealkylation sites (N-methyl/N-ethyl adjacent to an activating group) is 1. The smallest absolute Gasteiger partial charge is 0.408 e. The lowest BCUT2D eigenvalue weighted by Gasteiger charge is -2.25. The Hall–Kier alpha value is -0.950. The summed E-state index contributed by atoms with van der Waals surface area (Å²) in [4.78, 5) is 28.9. The largest absolute Gasteiger partial charge is 0.444 e. The molecule has 2 amide bonds. The lowest BCUT2D eigenvalue weighted by Crippen LogP contribution is -2.49. The number of amides is 2. The van der Waals surface area contributed by atoms with Crippen molar-refractivity contribution in [3.63, 3.8) is 0 Å². The summed E-state index contributed by atoms with van der Waals surface area (Å²) in [6.07, 6.45) is 1.59. The molecule has 0 fully saturated rings. The van der Waals surface area contributed by atoms with Gasteiger partial charge in [-0.05, 0) is 32.9 Å². The summed E-state index contributed by atoms with van der Waals surface area (Å²) in [6, 6.07) is -0.661. The number of ether oxygens (including phenoxy) is 1. The molecule has 0 heterocycles. The van der Waals surface area contributed by atoms with Gasteiger partial charge in [-0.2, -0.15) is 11.8 Å². The van der Waals surface area contributed by atoms with Crippen LogP contribution in [0.3, 0.4) is 0 Å². The van der Waals surface area contributed by atoms with E-state index in [0.717, 1.165) is 23.7 Å². The van der Waals surface area contributed by atoms with Gasteiger partial charge in [0.05, 0.1) is 7.11 Å². The van der Waals surface area contributed by atoms with Crippen molar-refractivity contribution in [2.45, 2.75) is 52.2 Å². The van der Waals surface area contributed by atoms with Crippen LogP contribution in [0.25, 0.3) is 0 Å². The molecule has 0 aliphatic carbocycles. The number of unbranched alkanes of at least 4 members (excludes halogenated alkanes) is 1. The first-order valence-electron chi connectivity index (χ1n) is 7.10. The molecule has 0 aromatic heterocycles. The number of nitrogens with one attached hydrogen (secondary N) is 1. The van der Waals surface area contributed by atoms with E-state index < -0.39 is 17.7 Å². The van der Waals surface area contributed by atoms with Crippen LogP contribution < -0.4 is 5.32 Å². The number of carbonyl (C=O) groups excluding carboxylic acids is 2. The minimum absolute atomic E-state index is 0.299. The Morgan fingerprint density at radius 3 is 2.43 bits per heavy atom. The molecule has 0 unspecified atom stereocenters. The lowest BCUT2D eigenvalue weighted by atomic mass is 10.2. The Balaban J connectivity index is 4.57. The number of nitrogens with zero attached hydrogens (tertiary/aromatic N) is 1. The van der Waals surface area contributed by atoms with Crippen molar-refractivity contribution in [1.82, 2.24) is 10.4 Å². The molecule has 124 valence electrons. The van der Waals surface area contributed by atoms with Crippen LogP contribution >= 0.6 is 11.8 Å². The van der Waals surface area contributed by atoms with Gasteiger partial charge in [0, 0.05) is 12.8 Å². The van der Waals surface area contributed by atoms with Crippen molar-refractivity contribution < 1.29 is 19.2 Å². The SMILES string of the molecule is CCCCSC[C@H](NC(=O)OC(C)(C)C)C(=O)N(C)OC. The zero-order chi connectivity index (χ0) is 16.5. The highest BCUT2D eigenvalue weighted by Crippen LogP contribution is 2.11. The summed E-state index contributed by atoms with van der Waals surface area (Å²) in [5.74, 6) is 1.14. The van der Waals surface area contributed by atoms with E-state index >= 15 is 0 Å². The second kappa shape index (κ2) is 9.89. The quantitative estimate of drug-likeness (QED) is 0.549. The van der Waals surface area contributed by atoms with Crippen LogP contribution in [-0.2, 0) is 14.4 Å². The molecule has 0 bridgehead atoms. The van der Waals surface area contributed by atoms with E-state index in [1.165, 1.54) is 14.2 Å². The van der Waals surface area contributed by atoms with E-state index in [1.54, 1.807) is 32.5 Å². The first-order chi connectivity index (χ1) is 9.71. The Morgan fingerprint density at radius 1 is 1.33 bits per heavy atom. The lowest BCUT2D eigenvalue weighted by molar-refractivity contribution is -0.170. The Labute approximate surface area is 131 Å². The van der Waals surface area contributed by atoms with E-state index in [2.05, 4.69) is 12.2 Å². The normalized spacial score (nSPS) is 12.7. The minimum Gasteiger partial charge on any atom is -0.444 e. The number of hydroxylamine groups is 2. The Bertz CT molecular complexity index is 331. The number of alkyl carbamates (subject to hydrolysis) is 1. The molecule has 21 heavy (non-hydrogen) atoms. The van der Waals surface area contributed by atoms with Gasteiger partial charge in [-0.25, -0.2) is 9.86 Å². The van der Waals surface area contributed by atoms with Gasteiger partial charge in [0.15, 0.2) is 0 Å². The molecule has 7 heteroatoms. The van der Waals surface area contributed by atoms with Gasteiger partial charge >= 0.3 is 6.09 Å². The van der Waals surface area contributed by atoms with E-state index in [0.29, 0.717) is 5.75 Å². The molecule has 0 radical (unpaired) electrons. The molecule has 6 nitrogen and oxygen atoms in total. The highest BCUT2D eigenvalue weighted by Gasteiger charge is 2.26. The molecule has 0 aliphatic rings. The predicted molar refractivity (Wildman–Crippen MR) is 85.2 cm³/mol. The van der Waals surface area contributed by atoms with E-state index in [4.69, 9.17) is 9.57 Å². The topological polar surface area (TPSA) is 67.9 Å². The highest BCUT2D eigenvalue weighted by atomic mass is 32.2. The number of hydrogen-bond acceptors (Lipinski definition) is 5. The van der Waals surface area contributed by atoms with Gasteiger partial charge in [-0.15, -0.1) is 0 Å². The zero-order valence-corrected chi connectivity index (χ0v) is 14.7. The zero-order valence-electron chi connectivity index (χ0n) is 13.9. The first-order valence-corrected chi connectivity index (χ1v) is 8.25. The Kier molecular flexibility index (Phi) is 9.44. The van der Waals surface area contributed by atoms with Crippen LogP contribution in [0, 0.1) is 0 Å². The maximum atomic E-state index is 12.2. The fraction of sp³-hybridized carbons (Fsp3) is 0.857. The second-order valence-electron chi connectivity index (χ2n) is 5.65. The van der Waals surface area contributed by atoms with Crippen molar-refractivity contribution in [3.05, 3.63) is 0 Å². The van der Waals surface area contributed by atoms with Crippen LogP contribution in [-0.4, -0.2) is 54.4 Å². The molecular formula is C14H28N2O4S. The molecule has 0 aromatic carbocycles. The molecule has 0 saturated carbocycles. The molecule has 0 aromatic rings. The van der Waals surface area contributed by atoms with Crippen molar-refractivity contribution >= 4 is 23.8 Å². The van der Waals surface area contributed by atoms with E-state index in [1.807, 2.05) is 0 Å². The number of rotatable bonds is 8. The van der Waals surface area contributed by atoms with Gasteiger partial charge in [-0.1, -0.05) is 13.3 Å². The van der Waals surface area contributed by atoms with Crippen LogP contribution in [0.2, 0.25) is 0 Å². The third-order valence-corrected chi connectivity index (χ3v) is 3.65. The maximum absolute atomic E-state index is 12.2. The summed E-state index contributed by atoms with van der Waals surface area (Å²) in [5, 5.41) is 3.73. The van der Waals surface area contributed by atoms with Crippen LogP contribution in [0.4, 0.5) is 4.79 Å². The van der Waals surface area contributed by atoms with Crippen molar-refractivity contribution in [2.24, 2.45) is 0 Å². The third-order valence-electron chi connectivity index (χ3n) is 2.50. The van der Waals surface area contributed by atoms with Crippen molar-refractivity contribution in [3.8, 4) is 0 Å².